The molecule has 0 aromatic carbocycles. The van der Waals surface area contributed by atoms with Crippen LogP contribution in [0.4, 0.5) is 0 Å². The van der Waals surface area contributed by atoms with Crippen molar-refractivity contribution in [2.75, 3.05) is 13.1 Å². The van der Waals surface area contributed by atoms with E-state index in [1.54, 1.807) is 13.8 Å². The lowest BCUT2D eigenvalue weighted by molar-refractivity contribution is -0.131. The number of nitrogens with two attached hydrogens (primary N) is 1. The van der Waals surface area contributed by atoms with Gasteiger partial charge in [-0.25, -0.2) is 0 Å². The molecule has 0 aromatic rings. The Kier molecular flexibility index (Phi) is 10.4. The van der Waals surface area contributed by atoms with E-state index in [1.165, 1.54) is 6.26 Å². The smallest absolute Gasteiger partial charge is 0.287 e. The van der Waals surface area contributed by atoms with E-state index < -0.39 is 12.1 Å². The van der Waals surface area contributed by atoms with Gasteiger partial charge in [-0.3, -0.25) is 9.59 Å². The van der Waals surface area contributed by atoms with Crippen LogP contribution in [0.5, 0.6) is 0 Å². The van der Waals surface area contributed by atoms with Crippen LogP contribution in [0.2, 0.25) is 0 Å². The minimum atomic E-state index is -0.790. The topological polar surface area (TPSA) is 134 Å². The molecule has 4 N–H and O–H groups in total. The summed E-state index contributed by atoms with van der Waals surface area (Å²) in [6.45, 7) is 3.95. The molecule has 0 aromatic heterocycles. The maximum Gasteiger partial charge on any atom is 0.287 e. The molecule has 0 spiro atoms. The number of hydrogen-bond donors (Lipinski definition) is 3. The first-order valence-electron chi connectivity index (χ1n) is 7.23. The van der Waals surface area contributed by atoms with Gasteiger partial charge in [-0.15, -0.1) is 0 Å². The summed E-state index contributed by atoms with van der Waals surface area (Å²) < 4.78 is 4.72. The Morgan fingerprint density at radius 2 is 1.95 bits per heavy atom. The first kappa shape index (κ1) is 19.9. The molecule has 0 fully saturated rings. The van der Waals surface area contributed by atoms with Gasteiger partial charge in [0, 0.05) is 12.5 Å². The zero-order chi connectivity index (χ0) is 17.0. The molecule has 0 bridgehead atoms. The third-order valence-corrected chi connectivity index (χ3v) is 2.98. The summed E-state index contributed by atoms with van der Waals surface area (Å²) in [5.41, 5.74) is 5.66. The number of carbonyl (C=O) groups is 3. The highest BCUT2D eigenvalue weighted by Gasteiger charge is 2.23. The van der Waals surface area contributed by atoms with Crippen LogP contribution < -0.4 is 16.4 Å². The van der Waals surface area contributed by atoms with Crippen molar-refractivity contribution in [2.24, 2.45) is 11.7 Å². The minimum Gasteiger partial charge on any atom is -0.414 e. The third kappa shape index (κ3) is 8.21. The summed E-state index contributed by atoms with van der Waals surface area (Å²) in [6, 6.07) is -0.666. The van der Waals surface area contributed by atoms with Gasteiger partial charge in [0.2, 0.25) is 5.91 Å². The summed E-state index contributed by atoms with van der Waals surface area (Å²) in [5, 5.41) is 13.6. The van der Waals surface area contributed by atoms with Crippen molar-refractivity contribution in [1.29, 1.82) is 5.26 Å². The number of amides is 2. The van der Waals surface area contributed by atoms with Gasteiger partial charge in [0.25, 0.3) is 12.2 Å². The lowest BCUT2D eigenvalue weighted by atomic mass is 10.1. The molecule has 0 saturated carbocycles. The number of unbranched alkanes of at least 4 members (excludes halogenated alkanes) is 1. The summed E-state index contributed by atoms with van der Waals surface area (Å²) in [5.74, 6) is -0.794. The van der Waals surface area contributed by atoms with E-state index >= 15 is 0 Å². The standard InChI is InChI=1S/C14H24N4O4/c1-10(2)12(22-9-15)14(21)17-6-4-3-5-11(16)13(20)18-7-8-19/h8,10-12H,3-7,16H2,1-2H3,(H,17,21)(H,18,20)/t11-,12?/m0/s1. The Bertz CT molecular complexity index is 406. The van der Waals surface area contributed by atoms with E-state index in [0.29, 0.717) is 32.1 Å². The van der Waals surface area contributed by atoms with E-state index in [-0.39, 0.29) is 24.3 Å². The van der Waals surface area contributed by atoms with Gasteiger partial charge < -0.3 is 25.9 Å². The second-order valence-corrected chi connectivity index (χ2v) is 5.18. The molecule has 0 radical (unpaired) electrons. The zero-order valence-electron chi connectivity index (χ0n) is 13.0. The highest BCUT2D eigenvalue weighted by atomic mass is 16.5. The molecular weight excluding hydrogens is 288 g/mol. The van der Waals surface area contributed by atoms with Gasteiger partial charge in [0.05, 0.1) is 12.6 Å². The van der Waals surface area contributed by atoms with Crippen molar-refractivity contribution >= 4 is 18.1 Å². The summed E-state index contributed by atoms with van der Waals surface area (Å²) in [7, 11) is 0. The Balaban J connectivity index is 3.88. The van der Waals surface area contributed by atoms with Gasteiger partial charge in [-0.1, -0.05) is 13.8 Å². The largest absolute Gasteiger partial charge is 0.414 e. The molecule has 0 aliphatic carbocycles. The van der Waals surface area contributed by atoms with E-state index in [1.807, 2.05) is 0 Å². The van der Waals surface area contributed by atoms with Crippen LogP contribution in [-0.2, 0) is 19.1 Å². The van der Waals surface area contributed by atoms with Crippen LogP contribution in [0.1, 0.15) is 33.1 Å². The van der Waals surface area contributed by atoms with Gasteiger partial charge in [0.15, 0.2) is 6.10 Å². The van der Waals surface area contributed by atoms with Crippen molar-refractivity contribution in [3.8, 4) is 6.26 Å². The number of hydrogen-bond acceptors (Lipinski definition) is 6. The Morgan fingerprint density at radius 1 is 1.27 bits per heavy atom. The zero-order valence-corrected chi connectivity index (χ0v) is 13.0. The fourth-order valence-corrected chi connectivity index (χ4v) is 1.76. The van der Waals surface area contributed by atoms with Crippen molar-refractivity contribution in [3.05, 3.63) is 0 Å². The van der Waals surface area contributed by atoms with Crippen LogP contribution >= 0.6 is 0 Å². The molecule has 22 heavy (non-hydrogen) atoms. The molecule has 2 atom stereocenters. The van der Waals surface area contributed by atoms with E-state index in [2.05, 4.69) is 10.6 Å². The SMILES string of the molecule is CC(C)C(OC#N)C(=O)NCCCC[C@H](N)C(=O)NCC=O. The highest BCUT2D eigenvalue weighted by molar-refractivity contribution is 5.83. The van der Waals surface area contributed by atoms with Crippen LogP contribution in [0.3, 0.4) is 0 Å². The average molecular weight is 312 g/mol. The molecular formula is C14H24N4O4. The quantitative estimate of drug-likeness (QED) is 0.266. The second-order valence-electron chi connectivity index (χ2n) is 5.18. The minimum absolute atomic E-state index is 0.0436. The lowest BCUT2D eigenvalue weighted by Crippen LogP contribution is -2.41. The van der Waals surface area contributed by atoms with Gasteiger partial charge in [0.1, 0.15) is 6.29 Å². The molecule has 0 saturated heterocycles. The van der Waals surface area contributed by atoms with Gasteiger partial charge >= 0.3 is 0 Å². The highest BCUT2D eigenvalue weighted by Crippen LogP contribution is 2.06. The number of aldehydes is 1. The Hall–Kier alpha value is -2.14. The van der Waals surface area contributed by atoms with E-state index in [4.69, 9.17) is 15.7 Å². The number of rotatable bonds is 11. The predicted molar refractivity (Wildman–Crippen MR) is 79.2 cm³/mol. The van der Waals surface area contributed by atoms with E-state index in [0.717, 1.165) is 0 Å². The van der Waals surface area contributed by atoms with Crippen molar-refractivity contribution in [3.63, 3.8) is 0 Å². The number of nitrogens with zero attached hydrogens (tertiary/aromatic N) is 1. The normalized spacial score (nSPS) is 12.9. The van der Waals surface area contributed by atoms with Gasteiger partial charge in [-0.2, -0.15) is 5.26 Å². The average Bonchev–Trinajstić information content (AvgIpc) is 2.48. The molecule has 1 unspecified atom stereocenters. The predicted octanol–water partition coefficient (Wildman–Crippen LogP) is -0.562. The van der Waals surface area contributed by atoms with Crippen LogP contribution in [-0.4, -0.2) is 43.3 Å². The maximum absolute atomic E-state index is 11.8. The van der Waals surface area contributed by atoms with Crippen LogP contribution in [0.15, 0.2) is 0 Å². The monoisotopic (exact) mass is 312 g/mol. The third-order valence-electron chi connectivity index (χ3n) is 2.98. The fourth-order valence-electron chi connectivity index (χ4n) is 1.76. The van der Waals surface area contributed by atoms with Crippen molar-refractivity contribution in [2.45, 2.75) is 45.3 Å². The number of carbonyl (C=O) groups excluding carboxylic acids is 3. The molecule has 0 heterocycles. The van der Waals surface area contributed by atoms with Crippen molar-refractivity contribution in [1.82, 2.24) is 10.6 Å². The molecule has 0 aliphatic heterocycles. The maximum atomic E-state index is 11.8. The van der Waals surface area contributed by atoms with Gasteiger partial charge in [-0.05, 0) is 19.3 Å². The van der Waals surface area contributed by atoms with Crippen LogP contribution in [0.25, 0.3) is 0 Å². The summed E-state index contributed by atoms with van der Waals surface area (Å²) >= 11 is 0. The molecule has 2 amide bonds. The molecule has 124 valence electrons. The van der Waals surface area contributed by atoms with Crippen LogP contribution in [0, 0.1) is 17.4 Å². The first-order valence-corrected chi connectivity index (χ1v) is 7.23. The van der Waals surface area contributed by atoms with Crippen molar-refractivity contribution < 1.29 is 19.1 Å². The number of nitriles is 1. The summed E-state index contributed by atoms with van der Waals surface area (Å²) in [6.07, 6.45) is 3.10. The first-order chi connectivity index (χ1) is 10.4. The molecule has 8 heteroatoms. The fraction of sp³-hybridized carbons (Fsp3) is 0.714. The molecule has 8 nitrogen and oxygen atoms in total. The number of nitrogens with one attached hydrogen (secondary N) is 2. The molecule has 0 rings (SSSR count). The Morgan fingerprint density at radius 3 is 2.50 bits per heavy atom. The second kappa shape index (κ2) is 11.5. The number of ether oxygens (including phenoxy) is 1. The lowest BCUT2D eigenvalue weighted by Gasteiger charge is -2.17. The van der Waals surface area contributed by atoms with E-state index in [9.17, 15) is 14.4 Å². The summed E-state index contributed by atoms with van der Waals surface area (Å²) in [4.78, 5) is 33.3. The molecule has 0 aliphatic rings. The Labute approximate surface area is 130 Å².